The van der Waals surface area contributed by atoms with Crippen molar-refractivity contribution in [3.05, 3.63) is 34.4 Å². The molecule has 0 unspecified atom stereocenters. The highest BCUT2D eigenvalue weighted by Gasteiger charge is 2.30. The van der Waals surface area contributed by atoms with Crippen LogP contribution in [-0.4, -0.2) is 4.98 Å². The van der Waals surface area contributed by atoms with E-state index in [0.29, 0.717) is 5.41 Å². The molecule has 0 saturated heterocycles. The normalized spacial score (nSPS) is 24.2. The Bertz CT molecular complexity index is 597. The smallest absolute Gasteiger partial charge is 0.0457 e. The largest absolute Gasteiger partial charge is 0.361 e. The van der Waals surface area contributed by atoms with Crippen LogP contribution in [0.5, 0.6) is 0 Å². The van der Waals surface area contributed by atoms with Gasteiger partial charge in [0.2, 0.25) is 0 Å². The maximum absolute atomic E-state index is 3.60. The summed E-state index contributed by atoms with van der Waals surface area (Å²) in [6.45, 7) is 7.17. The second-order valence-electron chi connectivity index (χ2n) is 7.35. The lowest BCUT2D eigenvalue weighted by Crippen LogP contribution is -2.25. The number of aromatic nitrogens is 1. The van der Waals surface area contributed by atoms with Gasteiger partial charge in [0.25, 0.3) is 0 Å². The quantitative estimate of drug-likeness (QED) is 0.634. The molecule has 1 heterocycles. The average molecular weight is 334 g/mol. The average Bonchev–Trinajstić information content (AvgIpc) is 2.81. The van der Waals surface area contributed by atoms with Gasteiger partial charge in [-0.3, -0.25) is 0 Å². The minimum atomic E-state index is 0.466. The van der Waals surface area contributed by atoms with Gasteiger partial charge in [-0.2, -0.15) is 0 Å². The summed E-state index contributed by atoms with van der Waals surface area (Å²) in [4.78, 5) is 3.43. The minimum absolute atomic E-state index is 0.466. The SMILES string of the molecule is CC(C)(C)C1CCC(c2c[nH]c3ccc(Br)cc23)CC1. The maximum Gasteiger partial charge on any atom is 0.0457 e. The van der Waals surface area contributed by atoms with Crippen molar-refractivity contribution >= 4 is 26.8 Å². The van der Waals surface area contributed by atoms with Crippen LogP contribution in [-0.2, 0) is 0 Å². The van der Waals surface area contributed by atoms with Crippen molar-refractivity contribution in [1.29, 1.82) is 0 Å². The van der Waals surface area contributed by atoms with Crippen molar-refractivity contribution in [3.63, 3.8) is 0 Å². The molecule has 0 bridgehead atoms. The molecule has 0 amide bonds. The van der Waals surface area contributed by atoms with E-state index in [1.165, 1.54) is 46.6 Å². The predicted octanol–water partition coefficient (Wildman–Crippen LogP) is 6.25. The Morgan fingerprint density at radius 1 is 1.10 bits per heavy atom. The molecule has 1 aliphatic carbocycles. The number of fused-ring (bicyclic) bond motifs is 1. The number of benzene rings is 1. The van der Waals surface area contributed by atoms with Crippen LogP contribution in [0.2, 0.25) is 0 Å². The van der Waals surface area contributed by atoms with Gasteiger partial charge in [0, 0.05) is 21.6 Å². The number of rotatable bonds is 1. The van der Waals surface area contributed by atoms with Crippen molar-refractivity contribution in [2.45, 2.75) is 52.4 Å². The Morgan fingerprint density at radius 3 is 2.45 bits per heavy atom. The number of nitrogens with one attached hydrogen (secondary N) is 1. The summed E-state index contributed by atoms with van der Waals surface area (Å²) in [7, 11) is 0. The Hall–Kier alpha value is -0.760. The van der Waals surface area contributed by atoms with Crippen molar-refractivity contribution in [3.8, 4) is 0 Å². The first-order valence-electron chi connectivity index (χ1n) is 7.71. The van der Waals surface area contributed by atoms with Crippen LogP contribution in [0.25, 0.3) is 10.9 Å². The number of aromatic amines is 1. The molecule has 0 radical (unpaired) electrons. The standard InChI is InChI=1S/C18H24BrN/c1-18(2,3)13-6-4-12(5-7-13)16-11-20-17-9-8-14(19)10-15(16)17/h8-13,20H,4-7H2,1-3H3. The van der Waals surface area contributed by atoms with Gasteiger partial charge in [-0.1, -0.05) is 36.7 Å². The fraction of sp³-hybridized carbons (Fsp3) is 0.556. The molecular weight excluding hydrogens is 310 g/mol. The molecule has 0 spiro atoms. The second-order valence-corrected chi connectivity index (χ2v) is 8.26. The van der Waals surface area contributed by atoms with Crippen molar-refractivity contribution in [2.75, 3.05) is 0 Å². The van der Waals surface area contributed by atoms with Crippen molar-refractivity contribution in [1.82, 2.24) is 4.98 Å². The Balaban J connectivity index is 1.82. The molecule has 0 aliphatic heterocycles. The van der Waals surface area contributed by atoms with Crippen LogP contribution < -0.4 is 0 Å². The van der Waals surface area contributed by atoms with Gasteiger partial charge in [-0.05, 0) is 66.7 Å². The maximum atomic E-state index is 3.60. The molecule has 1 saturated carbocycles. The van der Waals surface area contributed by atoms with E-state index < -0.39 is 0 Å². The van der Waals surface area contributed by atoms with Gasteiger partial charge in [-0.25, -0.2) is 0 Å². The molecule has 2 heteroatoms. The van der Waals surface area contributed by atoms with Crippen LogP contribution in [0.1, 0.15) is 57.9 Å². The second kappa shape index (κ2) is 5.22. The molecule has 1 nitrogen and oxygen atoms in total. The first-order chi connectivity index (χ1) is 9.45. The van der Waals surface area contributed by atoms with E-state index in [9.17, 15) is 0 Å². The van der Waals surface area contributed by atoms with E-state index >= 15 is 0 Å². The molecule has 1 N–H and O–H groups in total. The van der Waals surface area contributed by atoms with E-state index in [1.807, 2.05) is 0 Å². The first kappa shape index (κ1) is 14.2. The highest BCUT2D eigenvalue weighted by molar-refractivity contribution is 9.10. The van der Waals surface area contributed by atoms with Gasteiger partial charge in [-0.15, -0.1) is 0 Å². The fourth-order valence-corrected chi connectivity index (χ4v) is 4.08. The van der Waals surface area contributed by atoms with Crippen LogP contribution in [0.15, 0.2) is 28.9 Å². The molecule has 1 aromatic carbocycles. The third-order valence-corrected chi connectivity index (χ3v) is 5.56. The molecule has 1 fully saturated rings. The van der Waals surface area contributed by atoms with Crippen LogP contribution in [0.4, 0.5) is 0 Å². The molecule has 2 aromatic rings. The molecule has 108 valence electrons. The van der Waals surface area contributed by atoms with Gasteiger partial charge in [0.1, 0.15) is 0 Å². The summed E-state index contributed by atoms with van der Waals surface area (Å²) in [6, 6.07) is 6.54. The highest BCUT2D eigenvalue weighted by Crippen LogP contribution is 2.44. The van der Waals surface area contributed by atoms with Gasteiger partial charge >= 0.3 is 0 Å². The van der Waals surface area contributed by atoms with Gasteiger partial charge in [0.15, 0.2) is 0 Å². The Kier molecular flexibility index (Phi) is 3.70. The third-order valence-electron chi connectivity index (χ3n) is 5.07. The van der Waals surface area contributed by atoms with Crippen molar-refractivity contribution < 1.29 is 0 Å². The number of hydrogen-bond acceptors (Lipinski definition) is 0. The van der Waals surface area contributed by atoms with E-state index in [2.05, 4.69) is 66.1 Å². The Labute approximate surface area is 130 Å². The minimum Gasteiger partial charge on any atom is -0.361 e. The van der Waals surface area contributed by atoms with E-state index in [0.717, 1.165) is 11.8 Å². The summed E-state index contributed by atoms with van der Waals surface area (Å²) in [6.07, 6.45) is 7.64. The summed E-state index contributed by atoms with van der Waals surface area (Å²) < 4.78 is 1.18. The summed E-state index contributed by atoms with van der Waals surface area (Å²) >= 11 is 3.60. The van der Waals surface area contributed by atoms with E-state index in [4.69, 9.17) is 0 Å². The Morgan fingerprint density at radius 2 is 1.80 bits per heavy atom. The van der Waals surface area contributed by atoms with E-state index in [1.54, 1.807) is 0 Å². The zero-order valence-electron chi connectivity index (χ0n) is 12.7. The fourth-order valence-electron chi connectivity index (χ4n) is 3.72. The van der Waals surface area contributed by atoms with Gasteiger partial charge in [0.05, 0.1) is 0 Å². The van der Waals surface area contributed by atoms with E-state index in [-0.39, 0.29) is 0 Å². The van der Waals surface area contributed by atoms with Crippen LogP contribution in [0.3, 0.4) is 0 Å². The van der Waals surface area contributed by atoms with Gasteiger partial charge < -0.3 is 4.98 Å². The third kappa shape index (κ3) is 2.67. The monoisotopic (exact) mass is 333 g/mol. The highest BCUT2D eigenvalue weighted by atomic mass is 79.9. The van der Waals surface area contributed by atoms with Crippen LogP contribution in [0, 0.1) is 11.3 Å². The molecular formula is C18H24BrN. The lowest BCUT2D eigenvalue weighted by Gasteiger charge is -2.37. The molecule has 3 rings (SSSR count). The predicted molar refractivity (Wildman–Crippen MR) is 90.2 cm³/mol. The molecule has 1 aromatic heterocycles. The molecule has 20 heavy (non-hydrogen) atoms. The zero-order valence-corrected chi connectivity index (χ0v) is 14.3. The number of H-pyrrole nitrogens is 1. The topological polar surface area (TPSA) is 15.8 Å². The lowest BCUT2D eigenvalue weighted by atomic mass is 9.69. The summed E-state index contributed by atoms with van der Waals surface area (Å²) in [5.41, 5.74) is 3.25. The first-order valence-corrected chi connectivity index (χ1v) is 8.51. The zero-order chi connectivity index (χ0) is 14.3. The summed E-state index contributed by atoms with van der Waals surface area (Å²) in [5.74, 6) is 1.62. The summed E-state index contributed by atoms with van der Waals surface area (Å²) in [5, 5.41) is 1.40. The van der Waals surface area contributed by atoms with Crippen LogP contribution >= 0.6 is 15.9 Å². The van der Waals surface area contributed by atoms with Crippen molar-refractivity contribution in [2.24, 2.45) is 11.3 Å². The lowest BCUT2D eigenvalue weighted by molar-refractivity contribution is 0.169. The number of hydrogen-bond donors (Lipinski definition) is 1. The molecule has 1 aliphatic rings. The number of halogens is 1. The molecule has 0 atom stereocenters.